The number of nitrogens with one attached hydrogen (secondary N) is 1. The van der Waals surface area contributed by atoms with Gasteiger partial charge < -0.3 is 19.7 Å². The largest absolute Gasteiger partial charge is 0.459 e. The SMILES string of the molecule is CC(C)(C)OC(=O)CNCCC(=O)N1CCOCC1. The highest BCUT2D eigenvalue weighted by Gasteiger charge is 2.17. The third-order valence-corrected chi connectivity index (χ3v) is 2.57. The molecular formula is C13H24N2O4. The van der Waals surface area contributed by atoms with E-state index in [0.717, 1.165) is 0 Å². The van der Waals surface area contributed by atoms with Crippen LogP contribution in [-0.2, 0) is 19.1 Å². The molecule has 1 fully saturated rings. The molecule has 6 nitrogen and oxygen atoms in total. The highest BCUT2D eigenvalue weighted by atomic mass is 16.6. The van der Waals surface area contributed by atoms with E-state index in [-0.39, 0.29) is 18.4 Å². The Bertz CT molecular complexity index is 306. The van der Waals surface area contributed by atoms with Gasteiger partial charge in [0, 0.05) is 26.1 Å². The zero-order chi connectivity index (χ0) is 14.3. The maximum absolute atomic E-state index is 11.8. The lowest BCUT2D eigenvalue weighted by atomic mass is 10.2. The summed E-state index contributed by atoms with van der Waals surface area (Å²) in [7, 11) is 0. The van der Waals surface area contributed by atoms with Gasteiger partial charge in [-0.05, 0) is 20.8 Å². The van der Waals surface area contributed by atoms with Crippen molar-refractivity contribution >= 4 is 11.9 Å². The molecule has 1 aliphatic heterocycles. The third-order valence-electron chi connectivity index (χ3n) is 2.57. The Morgan fingerprint density at radius 3 is 2.47 bits per heavy atom. The Morgan fingerprint density at radius 1 is 1.26 bits per heavy atom. The Labute approximate surface area is 114 Å². The predicted molar refractivity (Wildman–Crippen MR) is 70.7 cm³/mol. The fraction of sp³-hybridized carbons (Fsp3) is 0.846. The summed E-state index contributed by atoms with van der Waals surface area (Å²) in [5.41, 5.74) is -0.470. The standard InChI is InChI=1S/C13H24N2O4/c1-13(2,3)19-12(17)10-14-5-4-11(16)15-6-8-18-9-7-15/h14H,4-10H2,1-3H3. The van der Waals surface area contributed by atoms with Gasteiger partial charge in [-0.15, -0.1) is 0 Å². The number of hydrogen-bond donors (Lipinski definition) is 1. The molecule has 0 spiro atoms. The van der Waals surface area contributed by atoms with Crippen molar-refractivity contribution in [1.29, 1.82) is 0 Å². The molecule has 1 amide bonds. The second kappa shape index (κ2) is 7.45. The number of ether oxygens (including phenoxy) is 2. The summed E-state index contributed by atoms with van der Waals surface area (Å²) in [6.45, 7) is 8.62. The van der Waals surface area contributed by atoms with Gasteiger partial charge in [-0.2, -0.15) is 0 Å². The second-order valence-corrected chi connectivity index (χ2v) is 5.51. The average molecular weight is 272 g/mol. The minimum atomic E-state index is -0.470. The molecule has 0 saturated carbocycles. The van der Waals surface area contributed by atoms with Crippen molar-refractivity contribution < 1.29 is 19.1 Å². The molecule has 1 N–H and O–H groups in total. The first kappa shape index (κ1) is 15.9. The quantitative estimate of drug-likeness (QED) is 0.570. The van der Waals surface area contributed by atoms with Crippen molar-refractivity contribution in [2.24, 2.45) is 0 Å². The number of esters is 1. The lowest BCUT2D eigenvalue weighted by Gasteiger charge is -2.26. The van der Waals surface area contributed by atoms with Crippen LogP contribution in [-0.4, -0.2) is 61.8 Å². The van der Waals surface area contributed by atoms with Gasteiger partial charge >= 0.3 is 5.97 Å². The van der Waals surface area contributed by atoms with Crippen molar-refractivity contribution in [3.63, 3.8) is 0 Å². The maximum Gasteiger partial charge on any atom is 0.320 e. The third kappa shape index (κ3) is 7.12. The minimum absolute atomic E-state index is 0.0972. The Balaban J connectivity index is 2.10. The first-order valence-corrected chi connectivity index (χ1v) is 6.66. The van der Waals surface area contributed by atoms with Crippen LogP contribution in [0.15, 0.2) is 0 Å². The van der Waals surface area contributed by atoms with Crippen molar-refractivity contribution in [2.45, 2.75) is 32.8 Å². The smallest absolute Gasteiger partial charge is 0.320 e. The molecule has 0 aromatic rings. The van der Waals surface area contributed by atoms with E-state index in [1.54, 1.807) is 4.90 Å². The normalized spacial score (nSPS) is 16.3. The van der Waals surface area contributed by atoms with Crippen LogP contribution < -0.4 is 5.32 Å². The lowest BCUT2D eigenvalue weighted by Crippen LogP contribution is -2.42. The van der Waals surface area contributed by atoms with E-state index in [1.807, 2.05) is 20.8 Å². The number of morpholine rings is 1. The van der Waals surface area contributed by atoms with E-state index in [2.05, 4.69) is 5.32 Å². The molecule has 1 heterocycles. The number of carbonyl (C=O) groups is 2. The van der Waals surface area contributed by atoms with Crippen LogP contribution in [0.4, 0.5) is 0 Å². The summed E-state index contributed by atoms with van der Waals surface area (Å²) in [6.07, 6.45) is 0.392. The van der Waals surface area contributed by atoms with Crippen LogP contribution >= 0.6 is 0 Å². The number of nitrogens with zero attached hydrogens (tertiary/aromatic N) is 1. The summed E-state index contributed by atoms with van der Waals surface area (Å²) < 4.78 is 10.3. The van der Waals surface area contributed by atoms with Gasteiger partial charge in [-0.3, -0.25) is 9.59 Å². The van der Waals surface area contributed by atoms with Gasteiger partial charge in [0.15, 0.2) is 0 Å². The van der Waals surface area contributed by atoms with E-state index in [9.17, 15) is 9.59 Å². The van der Waals surface area contributed by atoms with Gasteiger partial charge in [0.2, 0.25) is 5.91 Å². The molecule has 0 bridgehead atoms. The summed E-state index contributed by atoms with van der Waals surface area (Å²) in [5, 5.41) is 2.92. The summed E-state index contributed by atoms with van der Waals surface area (Å²) in [6, 6.07) is 0. The Hall–Kier alpha value is -1.14. The maximum atomic E-state index is 11.8. The first-order chi connectivity index (χ1) is 8.88. The lowest BCUT2D eigenvalue weighted by molar-refractivity contribution is -0.153. The van der Waals surface area contributed by atoms with E-state index in [4.69, 9.17) is 9.47 Å². The van der Waals surface area contributed by atoms with E-state index in [0.29, 0.717) is 39.3 Å². The molecule has 6 heteroatoms. The zero-order valence-corrected chi connectivity index (χ0v) is 12.0. The first-order valence-electron chi connectivity index (χ1n) is 6.66. The van der Waals surface area contributed by atoms with Crippen molar-refractivity contribution in [3.05, 3.63) is 0 Å². The fourth-order valence-corrected chi connectivity index (χ4v) is 1.73. The molecular weight excluding hydrogens is 248 g/mol. The van der Waals surface area contributed by atoms with Gasteiger partial charge in [-0.25, -0.2) is 0 Å². The molecule has 0 aliphatic carbocycles. The fourth-order valence-electron chi connectivity index (χ4n) is 1.73. The molecule has 1 saturated heterocycles. The Morgan fingerprint density at radius 2 is 1.89 bits per heavy atom. The van der Waals surface area contributed by atoms with E-state index in [1.165, 1.54) is 0 Å². The molecule has 0 aromatic heterocycles. The van der Waals surface area contributed by atoms with Crippen LogP contribution in [0, 0.1) is 0 Å². The molecule has 0 unspecified atom stereocenters. The predicted octanol–water partition coefficient (Wildman–Crippen LogP) is 0.167. The molecule has 0 aromatic carbocycles. The number of hydrogen-bond acceptors (Lipinski definition) is 5. The van der Waals surface area contributed by atoms with Gasteiger partial charge in [0.1, 0.15) is 5.60 Å². The summed E-state index contributed by atoms with van der Waals surface area (Å²) in [4.78, 5) is 25.0. The van der Waals surface area contributed by atoms with Crippen molar-refractivity contribution in [3.8, 4) is 0 Å². The molecule has 110 valence electrons. The van der Waals surface area contributed by atoms with Crippen molar-refractivity contribution in [1.82, 2.24) is 10.2 Å². The minimum Gasteiger partial charge on any atom is -0.459 e. The number of amides is 1. The molecule has 1 rings (SSSR count). The van der Waals surface area contributed by atoms with E-state index >= 15 is 0 Å². The van der Waals surface area contributed by atoms with Crippen LogP contribution in [0.5, 0.6) is 0 Å². The van der Waals surface area contributed by atoms with Crippen LogP contribution in [0.25, 0.3) is 0 Å². The summed E-state index contributed by atoms with van der Waals surface area (Å²) in [5.74, 6) is -0.202. The van der Waals surface area contributed by atoms with Gasteiger partial charge in [0.25, 0.3) is 0 Å². The highest BCUT2D eigenvalue weighted by Crippen LogP contribution is 2.06. The average Bonchev–Trinajstić information content (AvgIpc) is 2.33. The monoisotopic (exact) mass is 272 g/mol. The topological polar surface area (TPSA) is 67.9 Å². The van der Waals surface area contributed by atoms with Crippen LogP contribution in [0.2, 0.25) is 0 Å². The Kier molecular flexibility index (Phi) is 6.24. The van der Waals surface area contributed by atoms with Crippen molar-refractivity contribution in [2.75, 3.05) is 39.4 Å². The van der Waals surface area contributed by atoms with Gasteiger partial charge in [0.05, 0.1) is 19.8 Å². The molecule has 0 atom stereocenters. The molecule has 1 aliphatic rings. The number of rotatable bonds is 5. The van der Waals surface area contributed by atoms with Crippen LogP contribution in [0.1, 0.15) is 27.2 Å². The highest BCUT2D eigenvalue weighted by molar-refractivity contribution is 5.76. The molecule has 19 heavy (non-hydrogen) atoms. The summed E-state index contributed by atoms with van der Waals surface area (Å²) >= 11 is 0. The zero-order valence-electron chi connectivity index (χ0n) is 12.0. The van der Waals surface area contributed by atoms with Crippen LogP contribution in [0.3, 0.4) is 0 Å². The molecule has 0 radical (unpaired) electrons. The van der Waals surface area contributed by atoms with E-state index < -0.39 is 5.60 Å². The van der Waals surface area contributed by atoms with Gasteiger partial charge in [-0.1, -0.05) is 0 Å². The second-order valence-electron chi connectivity index (χ2n) is 5.51. The number of carbonyl (C=O) groups excluding carboxylic acids is 2.